The van der Waals surface area contributed by atoms with Crippen LogP contribution in [-0.2, 0) is 0 Å². The Balaban J connectivity index is 2.11. The third-order valence-corrected chi connectivity index (χ3v) is 5.18. The minimum Gasteiger partial charge on any atom is -0.296 e. The summed E-state index contributed by atoms with van der Waals surface area (Å²) in [7, 11) is 0. The Morgan fingerprint density at radius 3 is 2.45 bits per heavy atom. The second-order valence-corrected chi connectivity index (χ2v) is 6.77. The Labute approximate surface area is 126 Å². The minimum absolute atomic E-state index is 0.152. The van der Waals surface area contributed by atoms with Crippen molar-refractivity contribution in [1.29, 1.82) is 0 Å². The first-order valence-corrected chi connectivity index (χ1v) is 8.27. The van der Waals surface area contributed by atoms with Crippen LogP contribution in [0.1, 0.15) is 58.0 Å². The van der Waals surface area contributed by atoms with Gasteiger partial charge in [0.1, 0.15) is 9.88 Å². The second kappa shape index (κ2) is 6.41. The topological polar surface area (TPSA) is 67.8 Å². The van der Waals surface area contributed by atoms with E-state index < -0.39 is 0 Å². The Morgan fingerprint density at radius 1 is 1.20 bits per heavy atom. The van der Waals surface area contributed by atoms with Gasteiger partial charge < -0.3 is 0 Å². The molecule has 1 N–H and O–H groups in total. The molecule has 0 aliphatic rings. The second-order valence-electron chi connectivity index (χ2n) is 4.56. The molecule has 5 nitrogen and oxygen atoms in total. The molecule has 0 bridgehead atoms. The van der Waals surface area contributed by atoms with Crippen LogP contribution in [0.15, 0.2) is 0 Å². The van der Waals surface area contributed by atoms with E-state index in [0.29, 0.717) is 15.9 Å². The average Bonchev–Trinajstić information content (AvgIpc) is 2.98. The number of nitrogens with zero attached hydrogens (tertiary/aromatic N) is 3. The predicted molar refractivity (Wildman–Crippen MR) is 82.8 cm³/mol. The first kappa shape index (κ1) is 15.1. The first-order chi connectivity index (χ1) is 9.55. The summed E-state index contributed by atoms with van der Waals surface area (Å²) in [4.78, 5) is 17.1. The highest BCUT2D eigenvalue weighted by atomic mass is 32.1. The van der Waals surface area contributed by atoms with Crippen LogP contribution in [0.5, 0.6) is 0 Å². The van der Waals surface area contributed by atoms with Crippen LogP contribution in [0.25, 0.3) is 0 Å². The van der Waals surface area contributed by atoms with Gasteiger partial charge in [-0.3, -0.25) is 10.1 Å². The number of nitrogens with one attached hydrogen (secondary N) is 1. The van der Waals surface area contributed by atoms with Crippen molar-refractivity contribution >= 4 is 33.7 Å². The zero-order valence-electron chi connectivity index (χ0n) is 12.1. The highest BCUT2D eigenvalue weighted by Crippen LogP contribution is 2.28. The smallest absolute Gasteiger partial charge is 0.269 e. The van der Waals surface area contributed by atoms with E-state index >= 15 is 0 Å². The highest BCUT2D eigenvalue weighted by Gasteiger charge is 2.18. The number of rotatable bonds is 5. The maximum Gasteiger partial charge on any atom is 0.269 e. The molecule has 0 saturated carbocycles. The van der Waals surface area contributed by atoms with Crippen LogP contribution in [-0.4, -0.2) is 21.1 Å². The van der Waals surface area contributed by atoms with Crippen molar-refractivity contribution in [3.05, 3.63) is 20.6 Å². The molecule has 2 aromatic rings. The van der Waals surface area contributed by atoms with Gasteiger partial charge in [0.2, 0.25) is 5.13 Å². The average molecular weight is 310 g/mol. The molecule has 0 aromatic carbocycles. The Morgan fingerprint density at radius 2 is 1.90 bits per heavy atom. The predicted octanol–water partition coefficient (Wildman–Crippen LogP) is 3.77. The number of anilines is 1. The van der Waals surface area contributed by atoms with Gasteiger partial charge in [-0.05, 0) is 26.7 Å². The molecular weight excluding hydrogens is 292 g/mol. The van der Waals surface area contributed by atoms with E-state index in [1.54, 1.807) is 0 Å². The van der Waals surface area contributed by atoms with Crippen LogP contribution in [0.4, 0.5) is 5.13 Å². The number of aromatic nitrogens is 3. The molecule has 0 aliphatic carbocycles. The summed E-state index contributed by atoms with van der Waals surface area (Å²) >= 11 is 2.85. The van der Waals surface area contributed by atoms with Crippen LogP contribution in [0, 0.1) is 13.8 Å². The van der Waals surface area contributed by atoms with Crippen molar-refractivity contribution in [3.63, 3.8) is 0 Å². The number of thiazole rings is 1. The number of hydrogen-bond acceptors (Lipinski definition) is 6. The van der Waals surface area contributed by atoms with E-state index in [4.69, 9.17) is 0 Å². The molecule has 0 saturated heterocycles. The van der Waals surface area contributed by atoms with Gasteiger partial charge in [0.15, 0.2) is 0 Å². The lowest BCUT2D eigenvalue weighted by atomic mass is 10.1. The summed E-state index contributed by atoms with van der Waals surface area (Å²) in [5.74, 6) is 0.269. The van der Waals surface area contributed by atoms with Crippen molar-refractivity contribution in [2.45, 2.75) is 46.5 Å². The van der Waals surface area contributed by atoms with Gasteiger partial charge in [-0.15, -0.1) is 21.5 Å². The zero-order valence-corrected chi connectivity index (χ0v) is 13.7. The van der Waals surface area contributed by atoms with Crippen LogP contribution < -0.4 is 5.32 Å². The van der Waals surface area contributed by atoms with Gasteiger partial charge in [0.05, 0.1) is 10.7 Å². The first-order valence-electron chi connectivity index (χ1n) is 6.63. The van der Waals surface area contributed by atoms with Crippen molar-refractivity contribution in [2.75, 3.05) is 5.32 Å². The SMILES string of the molecule is CCC(CC)c1nnc(NC(=O)c2sc(C)nc2C)s1. The fourth-order valence-electron chi connectivity index (χ4n) is 1.98. The van der Waals surface area contributed by atoms with E-state index in [1.807, 2.05) is 13.8 Å². The number of carbonyl (C=O) groups excluding carboxylic acids is 1. The summed E-state index contributed by atoms with van der Waals surface area (Å²) < 4.78 is 0. The van der Waals surface area contributed by atoms with Crippen LogP contribution in [0.2, 0.25) is 0 Å². The van der Waals surface area contributed by atoms with E-state index in [1.165, 1.54) is 22.7 Å². The molecule has 0 atom stereocenters. The van der Waals surface area contributed by atoms with E-state index in [-0.39, 0.29) is 5.91 Å². The largest absolute Gasteiger partial charge is 0.296 e. The highest BCUT2D eigenvalue weighted by molar-refractivity contribution is 7.16. The Hall–Kier alpha value is -1.34. The molecule has 108 valence electrons. The number of amides is 1. The van der Waals surface area contributed by atoms with Crippen molar-refractivity contribution in [2.24, 2.45) is 0 Å². The number of carbonyl (C=O) groups is 1. The summed E-state index contributed by atoms with van der Waals surface area (Å²) in [6.07, 6.45) is 2.07. The summed E-state index contributed by atoms with van der Waals surface area (Å²) in [5.41, 5.74) is 0.759. The van der Waals surface area contributed by atoms with Gasteiger partial charge in [-0.2, -0.15) is 0 Å². The van der Waals surface area contributed by atoms with E-state index in [2.05, 4.69) is 34.3 Å². The van der Waals surface area contributed by atoms with Crippen LogP contribution >= 0.6 is 22.7 Å². The van der Waals surface area contributed by atoms with Crippen molar-refractivity contribution < 1.29 is 4.79 Å². The lowest BCUT2D eigenvalue weighted by molar-refractivity contribution is 0.102. The fourth-order valence-corrected chi connectivity index (χ4v) is 3.80. The van der Waals surface area contributed by atoms with Gasteiger partial charge in [0, 0.05) is 5.92 Å². The third-order valence-electron chi connectivity index (χ3n) is 3.11. The van der Waals surface area contributed by atoms with Gasteiger partial charge in [0.25, 0.3) is 5.91 Å². The van der Waals surface area contributed by atoms with E-state index in [0.717, 1.165) is 28.6 Å². The summed E-state index contributed by atoms with van der Waals surface area (Å²) in [6, 6.07) is 0. The molecule has 2 rings (SSSR count). The normalized spacial score (nSPS) is 11.1. The quantitative estimate of drug-likeness (QED) is 0.913. The number of hydrogen-bond donors (Lipinski definition) is 1. The zero-order chi connectivity index (χ0) is 14.7. The van der Waals surface area contributed by atoms with Gasteiger partial charge >= 0.3 is 0 Å². The summed E-state index contributed by atoms with van der Waals surface area (Å²) in [5, 5.41) is 13.5. The molecule has 0 unspecified atom stereocenters. The Bertz CT molecular complexity index is 601. The van der Waals surface area contributed by atoms with Gasteiger partial charge in [-0.25, -0.2) is 4.98 Å². The minimum atomic E-state index is -0.152. The molecular formula is C13H18N4OS2. The van der Waals surface area contributed by atoms with Gasteiger partial charge in [-0.1, -0.05) is 25.2 Å². The Kier molecular flexibility index (Phi) is 4.82. The van der Waals surface area contributed by atoms with Crippen molar-refractivity contribution in [1.82, 2.24) is 15.2 Å². The fraction of sp³-hybridized carbons (Fsp3) is 0.538. The third kappa shape index (κ3) is 3.21. The lowest BCUT2D eigenvalue weighted by Gasteiger charge is -2.05. The molecule has 0 aliphatic heterocycles. The maximum absolute atomic E-state index is 12.2. The molecule has 2 heterocycles. The summed E-state index contributed by atoms with van der Waals surface area (Å²) in [6.45, 7) is 8.01. The maximum atomic E-state index is 12.2. The van der Waals surface area contributed by atoms with Crippen molar-refractivity contribution in [3.8, 4) is 0 Å². The molecule has 0 radical (unpaired) electrons. The molecule has 20 heavy (non-hydrogen) atoms. The molecule has 0 fully saturated rings. The standard InChI is InChI=1S/C13H18N4OS2/c1-5-9(6-2)12-16-17-13(20-12)15-11(18)10-7(3)14-8(4)19-10/h9H,5-6H2,1-4H3,(H,15,17,18). The molecule has 2 aromatic heterocycles. The van der Waals surface area contributed by atoms with Crippen LogP contribution in [0.3, 0.4) is 0 Å². The monoisotopic (exact) mass is 310 g/mol. The lowest BCUT2D eigenvalue weighted by Crippen LogP contribution is -2.11. The number of aryl methyl sites for hydroxylation is 2. The van der Waals surface area contributed by atoms with E-state index in [9.17, 15) is 4.79 Å². The molecule has 1 amide bonds. The molecule has 7 heteroatoms. The molecule has 0 spiro atoms.